The molecule has 0 aromatic carbocycles. The molecular weight excluding hydrogens is 198 g/mol. The Bertz CT molecular complexity index is 161. The van der Waals surface area contributed by atoms with Crippen molar-refractivity contribution in [1.29, 1.82) is 0 Å². The SMILES string of the molecule is CCNC(C1CCCCC1)C(CC)OCC. The van der Waals surface area contributed by atoms with E-state index in [1.807, 2.05) is 0 Å². The van der Waals surface area contributed by atoms with Gasteiger partial charge in [-0.15, -0.1) is 0 Å². The van der Waals surface area contributed by atoms with Crippen molar-refractivity contribution >= 4 is 0 Å². The summed E-state index contributed by atoms with van der Waals surface area (Å²) < 4.78 is 5.90. The normalized spacial score (nSPS) is 21.9. The topological polar surface area (TPSA) is 21.3 Å². The van der Waals surface area contributed by atoms with Gasteiger partial charge in [-0.3, -0.25) is 0 Å². The Morgan fingerprint density at radius 2 is 1.81 bits per heavy atom. The van der Waals surface area contributed by atoms with Crippen molar-refractivity contribution in [2.75, 3.05) is 13.2 Å². The summed E-state index contributed by atoms with van der Waals surface area (Å²) in [7, 11) is 0. The molecule has 0 bridgehead atoms. The predicted molar refractivity (Wildman–Crippen MR) is 69.7 cm³/mol. The molecule has 1 saturated carbocycles. The van der Waals surface area contributed by atoms with Gasteiger partial charge in [0, 0.05) is 12.6 Å². The van der Waals surface area contributed by atoms with Gasteiger partial charge in [-0.2, -0.15) is 0 Å². The minimum Gasteiger partial charge on any atom is -0.377 e. The van der Waals surface area contributed by atoms with Crippen molar-refractivity contribution < 1.29 is 4.74 Å². The molecule has 0 radical (unpaired) electrons. The van der Waals surface area contributed by atoms with Gasteiger partial charge in [0.1, 0.15) is 0 Å². The molecule has 2 nitrogen and oxygen atoms in total. The van der Waals surface area contributed by atoms with Crippen LogP contribution in [0, 0.1) is 5.92 Å². The smallest absolute Gasteiger partial charge is 0.0727 e. The molecule has 0 amide bonds. The minimum atomic E-state index is 0.410. The van der Waals surface area contributed by atoms with Gasteiger partial charge in [0.25, 0.3) is 0 Å². The van der Waals surface area contributed by atoms with Crippen LogP contribution in [0.25, 0.3) is 0 Å². The van der Waals surface area contributed by atoms with E-state index in [0.717, 1.165) is 25.5 Å². The van der Waals surface area contributed by atoms with Gasteiger partial charge in [-0.05, 0) is 38.6 Å². The van der Waals surface area contributed by atoms with Gasteiger partial charge in [0.2, 0.25) is 0 Å². The number of hydrogen-bond acceptors (Lipinski definition) is 2. The molecule has 0 aliphatic heterocycles. The number of likely N-dealkylation sites (N-methyl/N-ethyl adjacent to an activating group) is 1. The van der Waals surface area contributed by atoms with Crippen LogP contribution in [0.5, 0.6) is 0 Å². The van der Waals surface area contributed by atoms with Crippen LogP contribution in [-0.4, -0.2) is 25.3 Å². The lowest BCUT2D eigenvalue weighted by molar-refractivity contribution is 0.00977. The second-order valence-corrected chi connectivity index (χ2v) is 4.88. The number of rotatable bonds is 7. The summed E-state index contributed by atoms with van der Waals surface area (Å²) in [6.45, 7) is 8.45. The molecule has 1 rings (SSSR count). The van der Waals surface area contributed by atoms with E-state index in [2.05, 4.69) is 26.1 Å². The third-order valence-corrected chi connectivity index (χ3v) is 3.78. The first-order chi connectivity index (χ1) is 7.83. The van der Waals surface area contributed by atoms with Crippen molar-refractivity contribution in [2.24, 2.45) is 5.92 Å². The third kappa shape index (κ3) is 4.06. The molecule has 1 N–H and O–H groups in total. The molecule has 16 heavy (non-hydrogen) atoms. The van der Waals surface area contributed by atoms with E-state index in [0.29, 0.717) is 12.1 Å². The minimum absolute atomic E-state index is 0.410. The number of ether oxygens (including phenoxy) is 1. The van der Waals surface area contributed by atoms with Crippen LogP contribution in [0.15, 0.2) is 0 Å². The van der Waals surface area contributed by atoms with Crippen LogP contribution in [0.2, 0.25) is 0 Å². The predicted octanol–water partition coefficient (Wildman–Crippen LogP) is 3.36. The van der Waals surface area contributed by atoms with Gasteiger partial charge < -0.3 is 10.1 Å². The van der Waals surface area contributed by atoms with Crippen molar-refractivity contribution in [3.63, 3.8) is 0 Å². The quantitative estimate of drug-likeness (QED) is 0.720. The van der Waals surface area contributed by atoms with Crippen molar-refractivity contribution in [1.82, 2.24) is 5.32 Å². The van der Waals surface area contributed by atoms with Gasteiger partial charge in [0.05, 0.1) is 6.10 Å². The van der Waals surface area contributed by atoms with Crippen molar-refractivity contribution in [2.45, 2.75) is 71.4 Å². The molecule has 1 aliphatic carbocycles. The van der Waals surface area contributed by atoms with Crippen molar-refractivity contribution in [3.05, 3.63) is 0 Å². The fraction of sp³-hybridized carbons (Fsp3) is 1.00. The third-order valence-electron chi connectivity index (χ3n) is 3.78. The summed E-state index contributed by atoms with van der Waals surface area (Å²) in [6, 6.07) is 0.579. The number of nitrogens with one attached hydrogen (secondary N) is 1. The number of hydrogen-bond donors (Lipinski definition) is 1. The molecule has 2 heteroatoms. The van der Waals surface area contributed by atoms with Gasteiger partial charge in [-0.25, -0.2) is 0 Å². The average molecular weight is 227 g/mol. The Morgan fingerprint density at radius 3 is 2.31 bits per heavy atom. The Balaban J connectivity index is 2.54. The van der Waals surface area contributed by atoms with Crippen LogP contribution < -0.4 is 5.32 Å². The highest BCUT2D eigenvalue weighted by Gasteiger charge is 2.29. The lowest BCUT2D eigenvalue weighted by Crippen LogP contribution is -2.47. The Labute approximate surface area is 101 Å². The highest BCUT2D eigenvalue weighted by molar-refractivity contribution is 4.85. The van der Waals surface area contributed by atoms with E-state index in [1.165, 1.54) is 32.1 Å². The zero-order valence-corrected chi connectivity index (χ0v) is 11.3. The highest BCUT2D eigenvalue weighted by atomic mass is 16.5. The van der Waals surface area contributed by atoms with E-state index in [4.69, 9.17) is 4.74 Å². The Morgan fingerprint density at radius 1 is 1.12 bits per heavy atom. The Hall–Kier alpha value is -0.0800. The molecule has 0 saturated heterocycles. The summed E-state index contributed by atoms with van der Waals surface area (Å²) >= 11 is 0. The second kappa shape index (κ2) is 8.08. The zero-order chi connectivity index (χ0) is 11.8. The molecule has 0 spiro atoms. The summed E-state index contributed by atoms with van der Waals surface area (Å²) in [5.41, 5.74) is 0. The van der Waals surface area contributed by atoms with Gasteiger partial charge >= 0.3 is 0 Å². The first-order valence-electron chi connectivity index (χ1n) is 7.18. The van der Waals surface area contributed by atoms with Crippen LogP contribution in [0.3, 0.4) is 0 Å². The van der Waals surface area contributed by atoms with Gasteiger partial charge in [-0.1, -0.05) is 33.1 Å². The first-order valence-corrected chi connectivity index (χ1v) is 7.18. The molecular formula is C14H29NO. The molecule has 1 fully saturated rings. The van der Waals surface area contributed by atoms with E-state index < -0.39 is 0 Å². The van der Waals surface area contributed by atoms with Gasteiger partial charge in [0.15, 0.2) is 0 Å². The highest BCUT2D eigenvalue weighted by Crippen LogP contribution is 2.29. The van der Waals surface area contributed by atoms with Crippen LogP contribution in [0.4, 0.5) is 0 Å². The average Bonchev–Trinajstić information content (AvgIpc) is 2.35. The monoisotopic (exact) mass is 227 g/mol. The maximum absolute atomic E-state index is 5.90. The van der Waals surface area contributed by atoms with Crippen LogP contribution >= 0.6 is 0 Å². The Kier molecular flexibility index (Phi) is 7.06. The molecule has 96 valence electrons. The van der Waals surface area contributed by atoms with Crippen LogP contribution in [0.1, 0.15) is 59.3 Å². The largest absolute Gasteiger partial charge is 0.377 e. The zero-order valence-electron chi connectivity index (χ0n) is 11.3. The summed E-state index contributed by atoms with van der Waals surface area (Å²) in [4.78, 5) is 0. The van der Waals surface area contributed by atoms with Crippen molar-refractivity contribution in [3.8, 4) is 0 Å². The summed E-state index contributed by atoms with van der Waals surface area (Å²) in [5, 5.41) is 3.66. The lowest BCUT2D eigenvalue weighted by atomic mass is 9.81. The summed E-state index contributed by atoms with van der Waals surface area (Å²) in [5.74, 6) is 0.838. The maximum atomic E-state index is 5.90. The molecule has 2 atom stereocenters. The lowest BCUT2D eigenvalue weighted by Gasteiger charge is -2.36. The molecule has 2 unspecified atom stereocenters. The molecule has 0 aromatic rings. The fourth-order valence-corrected chi connectivity index (χ4v) is 3.02. The fourth-order valence-electron chi connectivity index (χ4n) is 3.02. The molecule has 0 heterocycles. The molecule has 0 aromatic heterocycles. The van der Waals surface area contributed by atoms with Crippen LogP contribution in [-0.2, 0) is 4.74 Å². The first kappa shape index (κ1) is 14.0. The van der Waals surface area contributed by atoms with E-state index in [-0.39, 0.29) is 0 Å². The van der Waals surface area contributed by atoms with E-state index in [9.17, 15) is 0 Å². The summed E-state index contributed by atoms with van der Waals surface area (Å²) in [6.07, 6.45) is 8.57. The maximum Gasteiger partial charge on any atom is 0.0727 e. The standard InChI is InChI=1S/C14H29NO/c1-4-13(16-6-3)14(15-5-2)12-10-8-7-9-11-12/h12-15H,4-11H2,1-3H3. The van der Waals surface area contributed by atoms with E-state index in [1.54, 1.807) is 0 Å². The second-order valence-electron chi connectivity index (χ2n) is 4.88. The molecule has 1 aliphatic rings. The van der Waals surface area contributed by atoms with E-state index >= 15 is 0 Å².